The fraction of sp³-hybridized carbons (Fsp3) is 0.462. The summed E-state index contributed by atoms with van der Waals surface area (Å²) >= 11 is 0. The highest BCUT2D eigenvalue weighted by atomic mass is 16.3. The largest absolute Gasteiger partial charge is 0.399 e. The molecule has 1 atom stereocenters. The van der Waals surface area contributed by atoms with E-state index in [0.717, 1.165) is 18.4 Å². The smallest absolute Gasteiger partial charge is 0.230 e. The Hall–Kier alpha value is -1.55. The fourth-order valence-electron chi connectivity index (χ4n) is 1.98. The first-order chi connectivity index (χ1) is 8.04. The number of nitrogen functional groups attached to an aromatic ring is 1. The van der Waals surface area contributed by atoms with E-state index < -0.39 is 6.10 Å². The van der Waals surface area contributed by atoms with E-state index in [9.17, 15) is 4.79 Å². The molecule has 1 fully saturated rings. The van der Waals surface area contributed by atoms with Gasteiger partial charge in [0, 0.05) is 12.2 Å². The minimum atomic E-state index is -0.513. The summed E-state index contributed by atoms with van der Waals surface area (Å²) in [5, 5.41) is 11.9. The number of hydrogen-bond donors (Lipinski definition) is 3. The van der Waals surface area contributed by atoms with E-state index >= 15 is 0 Å². The summed E-state index contributed by atoms with van der Waals surface area (Å²) in [6.07, 6.45) is 1.21. The molecule has 17 heavy (non-hydrogen) atoms. The molecule has 4 N–H and O–H groups in total. The number of nitrogens with two attached hydrogens (primary N) is 1. The lowest BCUT2D eigenvalue weighted by Gasteiger charge is -2.16. The number of aliphatic hydroxyl groups is 1. The van der Waals surface area contributed by atoms with Crippen LogP contribution in [0.25, 0.3) is 0 Å². The lowest BCUT2D eigenvalue weighted by Crippen LogP contribution is -2.38. The Kier molecular flexibility index (Phi) is 3.07. The highest BCUT2D eigenvalue weighted by Crippen LogP contribution is 2.48. The molecule has 1 aromatic rings. The van der Waals surface area contributed by atoms with Crippen LogP contribution in [0.5, 0.6) is 0 Å². The van der Waals surface area contributed by atoms with Crippen LogP contribution in [0.3, 0.4) is 0 Å². The van der Waals surface area contributed by atoms with Crippen molar-refractivity contribution in [1.29, 1.82) is 0 Å². The number of hydrogen-bond acceptors (Lipinski definition) is 3. The third-order valence-electron chi connectivity index (χ3n) is 3.21. The Balaban J connectivity index is 2.08. The predicted molar refractivity (Wildman–Crippen MR) is 66.5 cm³/mol. The monoisotopic (exact) mass is 234 g/mol. The second kappa shape index (κ2) is 4.37. The van der Waals surface area contributed by atoms with Gasteiger partial charge in [-0.15, -0.1) is 0 Å². The van der Waals surface area contributed by atoms with Gasteiger partial charge in [-0.05, 0) is 37.5 Å². The molecular formula is C13H18N2O2. The van der Waals surface area contributed by atoms with Crippen molar-refractivity contribution >= 4 is 11.6 Å². The van der Waals surface area contributed by atoms with Crippen molar-refractivity contribution in [3.63, 3.8) is 0 Å². The Morgan fingerprint density at radius 1 is 1.47 bits per heavy atom. The van der Waals surface area contributed by atoms with Crippen molar-refractivity contribution in [2.45, 2.75) is 31.3 Å². The van der Waals surface area contributed by atoms with E-state index in [4.69, 9.17) is 10.8 Å². The van der Waals surface area contributed by atoms with Crippen molar-refractivity contribution in [3.8, 4) is 0 Å². The van der Waals surface area contributed by atoms with Crippen LogP contribution in [0.4, 0.5) is 5.69 Å². The lowest BCUT2D eigenvalue weighted by atomic mass is 9.94. The van der Waals surface area contributed by atoms with Crippen molar-refractivity contribution in [2.24, 2.45) is 0 Å². The van der Waals surface area contributed by atoms with Crippen molar-refractivity contribution in [3.05, 3.63) is 29.8 Å². The van der Waals surface area contributed by atoms with Gasteiger partial charge >= 0.3 is 0 Å². The van der Waals surface area contributed by atoms with Gasteiger partial charge < -0.3 is 16.2 Å². The van der Waals surface area contributed by atoms with Crippen LogP contribution < -0.4 is 11.1 Å². The summed E-state index contributed by atoms with van der Waals surface area (Å²) < 4.78 is 0. The Morgan fingerprint density at radius 2 is 2.06 bits per heavy atom. The van der Waals surface area contributed by atoms with Gasteiger partial charge in [0.05, 0.1) is 11.5 Å². The number of anilines is 1. The van der Waals surface area contributed by atoms with E-state index in [1.807, 2.05) is 24.3 Å². The number of carbonyl (C=O) groups is 1. The van der Waals surface area contributed by atoms with Crippen LogP contribution in [0.15, 0.2) is 24.3 Å². The van der Waals surface area contributed by atoms with Gasteiger partial charge in [0.15, 0.2) is 0 Å². The molecule has 0 saturated heterocycles. The molecule has 1 saturated carbocycles. The maximum Gasteiger partial charge on any atom is 0.230 e. The van der Waals surface area contributed by atoms with Gasteiger partial charge in [-0.1, -0.05) is 12.1 Å². The molecule has 2 rings (SSSR count). The maximum absolute atomic E-state index is 12.1. The minimum absolute atomic E-state index is 0.00294. The highest BCUT2D eigenvalue weighted by molar-refractivity contribution is 5.91. The number of carbonyl (C=O) groups excluding carboxylic acids is 1. The number of benzene rings is 1. The quantitative estimate of drug-likeness (QED) is 0.674. The van der Waals surface area contributed by atoms with E-state index in [0.29, 0.717) is 12.2 Å². The summed E-state index contributed by atoms with van der Waals surface area (Å²) in [6.45, 7) is 1.96. The van der Waals surface area contributed by atoms with Gasteiger partial charge in [-0.25, -0.2) is 0 Å². The Labute approximate surface area is 101 Å². The van der Waals surface area contributed by atoms with Crippen molar-refractivity contribution in [2.75, 3.05) is 12.3 Å². The molecule has 4 heteroatoms. The third kappa shape index (κ3) is 2.42. The topological polar surface area (TPSA) is 75.3 Å². The molecule has 0 aromatic heterocycles. The average Bonchev–Trinajstić information content (AvgIpc) is 3.08. The minimum Gasteiger partial charge on any atom is -0.399 e. The molecule has 0 bridgehead atoms. The van der Waals surface area contributed by atoms with Crippen molar-refractivity contribution < 1.29 is 9.90 Å². The van der Waals surface area contributed by atoms with Crippen LogP contribution in [0.1, 0.15) is 25.3 Å². The summed E-state index contributed by atoms with van der Waals surface area (Å²) in [7, 11) is 0. The van der Waals surface area contributed by atoms with Crippen LogP contribution in [0.2, 0.25) is 0 Å². The van der Waals surface area contributed by atoms with Gasteiger partial charge in [0.2, 0.25) is 5.91 Å². The normalized spacial score (nSPS) is 18.5. The number of rotatable bonds is 4. The van der Waals surface area contributed by atoms with Crippen LogP contribution >= 0.6 is 0 Å². The third-order valence-corrected chi connectivity index (χ3v) is 3.21. The van der Waals surface area contributed by atoms with Gasteiger partial charge in [0.25, 0.3) is 0 Å². The van der Waals surface area contributed by atoms with E-state index in [1.165, 1.54) is 0 Å². The number of amides is 1. The van der Waals surface area contributed by atoms with Gasteiger partial charge in [0.1, 0.15) is 0 Å². The SMILES string of the molecule is C[C@@H](O)CNC(=O)C1(c2ccc(N)cc2)CC1. The van der Waals surface area contributed by atoms with Gasteiger partial charge in [-0.3, -0.25) is 4.79 Å². The summed E-state index contributed by atoms with van der Waals surface area (Å²) in [4.78, 5) is 12.1. The molecule has 0 aliphatic heterocycles. The van der Waals surface area contributed by atoms with Crippen LogP contribution in [-0.2, 0) is 10.2 Å². The molecule has 4 nitrogen and oxygen atoms in total. The zero-order valence-electron chi connectivity index (χ0n) is 9.94. The number of nitrogens with one attached hydrogen (secondary N) is 1. The van der Waals surface area contributed by atoms with E-state index in [1.54, 1.807) is 6.92 Å². The maximum atomic E-state index is 12.1. The molecule has 1 amide bonds. The molecule has 1 aromatic carbocycles. The predicted octanol–water partition coefficient (Wildman–Crippen LogP) is 0.797. The molecular weight excluding hydrogens is 216 g/mol. The average molecular weight is 234 g/mol. The zero-order valence-corrected chi connectivity index (χ0v) is 9.94. The highest BCUT2D eigenvalue weighted by Gasteiger charge is 2.51. The number of aliphatic hydroxyl groups excluding tert-OH is 1. The summed E-state index contributed by atoms with van der Waals surface area (Å²) in [5.41, 5.74) is 6.96. The molecule has 0 radical (unpaired) electrons. The van der Waals surface area contributed by atoms with E-state index in [-0.39, 0.29) is 11.3 Å². The first kappa shape index (κ1) is 11.9. The summed E-state index contributed by atoms with van der Waals surface area (Å²) in [6, 6.07) is 7.45. The second-order valence-electron chi connectivity index (χ2n) is 4.76. The molecule has 0 heterocycles. The van der Waals surface area contributed by atoms with Gasteiger partial charge in [-0.2, -0.15) is 0 Å². The molecule has 92 valence electrons. The summed E-state index contributed by atoms with van der Waals surface area (Å²) in [5.74, 6) is 0.00294. The fourth-order valence-corrected chi connectivity index (χ4v) is 1.98. The molecule has 1 aliphatic rings. The standard InChI is InChI=1S/C13H18N2O2/c1-9(16)8-15-12(17)13(6-7-13)10-2-4-11(14)5-3-10/h2-5,9,16H,6-8,14H2,1H3,(H,15,17)/t9-/m1/s1. The van der Waals surface area contributed by atoms with Crippen LogP contribution in [-0.4, -0.2) is 23.7 Å². The molecule has 0 unspecified atom stereocenters. The zero-order chi connectivity index (χ0) is 12.5. The second-order valence-corrected chi connectivity index (χ2v) is 4.76. The van der Waals surface area contributed by atoms with Crippen LogP contribution in [0, 0.1) is 0 Å². The first-order valence-electron chi connectivity index (χ1n) is 5.87. The van der Waals surface area contributed by atoms with Crippen molar-refractivity contribution in [1.82, 2.24) is 5.32 Å². The first-order valence-corrected chi connectivity index (χ1v) is 5.87. The lowest BCUT2D eigenvalue weighted by molar-refractivity contribution is -0.124. The van der Waals surface area contributed by atoms with E-state index in [2.05, 4.69) is 5.32 Å². The Morgan fingerprint density at radius 3 is 2.53 bits per heavy atom. The molecule has 0 spiro atoms. The molecule has 1 aliphatic carbocycles. The Bertz CT molecular complexity index is 408.